The molecule has 0 saturated carbocycles. The Bertz CT molecular complexity index is 892. The molecule has 11 heteroatoms. The Hall–Kier alpha value is -1.68. The first kappa shape index (κ1) is 20.1. The summed E-state index contributed by atoms with van der Waals surface area (Å²) in [5, 5.41) is 0.290. The summed E-state index contributed by atoms with van der Waals surface area (Å²) >= 11 is 11.9. The molecular weight excluding hydrogens is 419 g/mol. The van der Waals surface area contributed by atoms with Gasteiger partial charge in [0.25, 0.3) is 11.8 Å². The molecule has 1 aromatic carbocycles. The predicted molar refractivity (Wildman–Crippen MR) is 97.6 cm³/mol. The maximum Gasteiger partial charge on any atom is 0.319 e. The summed E-state index contributed by atoms with van der Waals surface area (Å²) in [6.07, 6.45) is 0.306. The van der Waals surface area contributed by atoms with Crippen molar-refractivity contribution in [3.8, 4) is 0 Å². The third-order valence-electron chi connectivity index (χ3n) is 4.62. The van der Waals surface area contributed by atoms with Gasteiger partial charge >= 0.3 is 5.97 Å². The summed E-state index contributed by atoms with van der Waals surface area (Å²) < 4.78 is 28.3. The minimum atomic E-state index is -3.23. The largest absolute Gasteiger partial charge is 0.468 e. The SMILES string of the molecule is COC(=O)CN(CN1C(=O)c2cc(Cl)c(Cl)cc2C1=O)C1CCS(=O)(=O)C1. The van der Waals surface area contributed by atoms with Crippen LogP contribution in [0.25, 0.3) is 0 Å². The Morgan fingerprint density at radius 3 is 2.22 bits per heavy atom. The Kier molecular flexibility index (Phi) is 5.49. The van der Waals surface area contributed by atoms with E-state index in [1.54, 1.807) is 0 Å². The van der Waals surface area contributed by atoms with Gasteiger partial charge in [0, 0.05) is 6.04 Å². The molecule has 2 amide bonds. The molecule has 0 aromatic heterocycles. The van der Waals surface area contributed by atoms with Gasteiger partial charge in [-0.25, -0.2) is 8.42 Å². The highest BCUT2D eigenvalue weighted by molar-refractivity contribution is 7.91. The zero-order chi connectivity index (χ0) is 19.9. The number of carbonyl (C=O) groups excluding carboxylic acids is 3. The number of sulfone groups is 1. The predicted octanol–water partition coefficient (Wildman–Crippen LogP) is 1.21. The van der Waals surface area contributed by atoms with Crippen molar-refractivity contribution in [3.05, 3.63) is 33.3 Å². The van der Waals surface area contributed by atoms with Crippen LogP contribution in [0.3, 0.4) is 0 Å². The number of nitrogens with zero attached hydrogens (tertiary/aromatic N) is 2. The topological polar surface area (TPSA) is 101 Å². The lowest BCUT2D eigenvalue weighted by atomic mass is 10.1. The van der Waals surface area contributed by atoms with Gasteiger partial charge in [-0.1, -0.05) is 23.2 Å². The molecule has 3 rings (SSSR count). The van der Waals surface area contributed by atoms with Gasteiger partial charge in [0.15, 0.2) is 9.84 Å². The molecule has 0 aliphatic carbocycles. The number of carbonyl (C=O) groups is 3. The molecule has 8 nitrogen and oxygen atoms in total. The van der Waals surface area contributed by atoms with Crippen molar-refractivity contribution in [2.75, 3.05) is 31.8 Å². The van der Waals surface area contributed by atoms with Crippen molar-refractivity contribution in [2.45, 2.75) is 12.5 Å². The number of fused-ring (bicyclic) bond motifs is 1. The van der Waals surface area contributed by atoms with Crippen molar-refractivity contribution in [1.29, 1.82) is 0 Å². The van der Waals surface area contributed by atoms with Crippen LogP contribution in [0.5, 0.6) is 0 Å². The van der Waals surface area contributed by atoms with Gasteiger partial charge in [-0.3, -0.25) is 24.2 Å². The van der Waals surface area contributed by atoms with E-state index >= 15 is 0 Å². The number of rotatable bonds is 5. The molecular formula is C16H16Cl2N2O6S. The summed E-state index contributed by atoms with van der Waals surface area (Å²) in [5.74, 6) is -1.91. The molecule has 0 radical (unpaired) electrons. The highest BCUT2D eigenvalue weighted by atomic mass is 35.5. The quantitative estimate of drug-likeness (QED) is 0.506. The molecule has 2 heterocycles. The molecule has 146 valence electrons. The Morgan fingerprint density at radius 1 is 1.22 bits per heavy atom. The Balaban J connectivity index is 1.86. The third kappa shape index (κ3) is 3.96. The smallest absolute Gasteiger partial charge is 0.319 e. The zero-order valence-electron chi connectivity index (χ0n) is 14.3. The van der Waals surface area contributed by atoms with Gasteiger partial charge in [0.2, 0.25) is 0 Å². The van der Waals surface area contributed by atoms with E-state index in [1.807, 2.05) is 0 Å². The van der Waals surface area contributed by atoms with Crippen molar-refractivity contribution in [2.24, 2.45) is 0 Å². The van der Waals surface area contributed by atoms with E-state index in [9.17, 15) is 22.8 Å². The summed E-state index contributed by atoms with van der Waals surface area (Å²) in [4.78, 5) is 39.5. The molecule has 2 aliphatic heterocycles. The van der Waals surface area contributed by atoms with Gasteiger partial charge in [-0.2, -0.15) is 0 Å². The second-order valence-electron chi connectivity index (χ2n) is 6.37. The highest BCUT2D eigenvalue weighted by Gasteiger charge is 2.40. The van der Waals surface area contributed by atoms with Gasteiger partial charge in [0.1, 0.15) is 0 Å². The van der Waals surface area contributed by atoms with E-state index in [1.165, 1.54) is 24.1 Å². The summed E-state index contributed by atoms with van der Waals surface area (Å²) in [6.45, 7) is -0.484. The van der Waals surface area contributed by atoms with Crippen LogP contribution in [-0.4, -0.2) is 73.9 Å². The van der Waals surface area contributed by atoms with Crippen LogP contribution in [0.4, 0.5) is 0 Å². The maximum absolute atomic E-state index is 12.6. The fourth-order valence-electron chi connectivity index (χ4n) is 3.18. The van der Waals surface area contributed by atoms with Crippen LogP contribution < -0.4 is 0 Å². The van der Waals surface area contributed by atoms with E-state index in [4.69, 9.17) is 23.2 Å². The number of hydrogen-bond acceptors (Lipinski definition) is 7. The van der Waals surface area contributed by atoms with Crippen LogP contribution in [0, 0.1) is 0 Å². The second kappa shape index (κ2) is 7.38. The highest BCUT2D eigenvalue weighted by Crippen LogP contribution is 2.32. The van der Waals surface area contributed by atoms with E-state index in [0.29, 0.717) is 6.42 Å². The summed E-state index contributed by atoms with van der Waals surface area (Å²) in [5.41, 5.74) is 0.234. The fourth-order valence-corrected chi connectivity index (χ4v) is 5.27. The number of benzene rings is 1. The lowest BCUT2D eigenvalue weighted by molar-refractivity contribution is -0.142. The Labute approximate surface area is 165 Å². The fraction of sp³-hybridized carbons (Fsp3) is 0.438. The molecule has 0 spiro atoms. The minimum Gasteiger partial charge on any atom is -0.468 e. The molecule has 0 bridgehead atoms. The van der Waals surface area contributed by atoms with Crippen LogP contribution in [-0.2, 0) is 19.4 Å². The van der Waals surface area contributed by atoms with Crippen LogP contribution in [0.1, 0.15) is 27.1 Å². The zero-order valence-corrected chi connectivity index (χ0v) is 16.6. The van der Waals surface area contributed by atoms with Crippen LogP contribution in [0.15, 0.2) is 12.1 Å². The molecule has 1 unspecified atom stereocenters. The number of amides is 2. The molecule has 27 heavy (non-hydrogen) atoms. The van der Waals surface area contributed by atoms with E-state index in [0.717, 1.165) is 4.90 Å². The number of imide groups is 1. The molecule has 1 atom stereocenters. The molecule has 2 aliphatic rings. The number of hydrogen-bond donors (Lipinski definition) is 0. The average molecular weight is 435 g/mol. The van der Waals surface area contributed by atoms with E-state index in [-0.39, 0.29) is 45.9 Å². The monoisotopic (exact) mass is 434 g/mol. The number of halogens is 2. The first-order valence-corrected chi connectivity index (χ1v) is 10.6. The van der Waals surface area contributed by atoms with Crippen molar-refractivity contribution in [3.63, 3.8) is 0 Å². The van der Waals surface area contributed by atoms with Crippen molar-refractivity contribution in [1.82, 2.24) is 9.80 Å². The normalized spacial score (nSPS) is 21.0. The minimum absolute atomic E-state index is 0.0112. The van der Waals surface area contributed by atoms with Crippen LogP contribution >= 0.6 is 23.2 Å². The number of methoxy groups -OCH3 is 1. The van der Waals surface area contributed by atoms with Gasteiger partial charge in [-0.15, -0.1) is 0 Å². The third-order valence-corrected chi connectivity index (χ3v) is 7.09. The van der Waals surface area contributed by atoms with Crippen LogP contribution in [0.2, 0.25) is 10.0 Å². The number of esters is 1. The summed E-state index contributed by atoms with van der Waals surface area (Å²) in [6, 6.07) is 2.15. The van der Waals surface area contributed by atoms with Crippen molar-refractivity contribution < 1.29 is 27.5 Å². The molecule has 1 aromatic rings. The number of ether oxygens (including phenoxy) is 1. The van der Waals surface area contributed by atoms with E-state index in [2.05, 4.69) is 4.74 Å². The summed E-state index contributed by atoms with van der Waals surface area (Å²) in [7, 11) is -2.02. The lowest BCUT2D eigenvalue weighted by Crippen LogP contribution is -2.48. The Morgan fingerprint density at radius 2 is 1.78 bits per heavy atom. The molecule has 0 N–H and O–H groups in total. The van der Waals surface area contributed by atoms with Crippen molar-refractivity contribution >= 4 is 50.8 Å². The average Bonchev–Trinajstić information content (AvgIpc) is 3.07. The lowest BCUT2D eigenvalue weighted by Gasteiger charge is -2.30. The first-order chi connectivity index (χ1) is 12.6. The van der Waals surface area contributed by atoms with E-state index < -0.39 is 33.7 Å². The maximum atomic E-state index is 12.6. The van der Waals surface area contributed by atoms with Gasteiger partial charge < -0.3 is 4.74 Å². The first-order valence-electron chi connectivity index (χ1n) is 7.99. The second-order valence-corrected chi connectivity index (χ2v) is 9.41. The molecule has 1 saturated heterocycles. The molecule has 1 fully saturated rings. The standard InChI is InChI=1S/C16H16Cl2N2O6S/c1-26-14(21)6-19(9-2-3-27(24,25)7-9)8-20-15(22)10-4-12(17)13(18)5-11(10)16(20)23/h4-5,9H,2-3,6-8H2,1H3. The van der Waals surface area contributed by atoms with Gasteiger partial charge in [-0.05, 0) is 18.6 Å². The van der Waals surface area contributed by atoms with Gasteiger partial charge in [0.05, 0.1) is 53.0 Å².